The highest BCUT2D eigenvalue weighted by Crippen LogP contribution is 2.18. The first kappa shape index (κ1) is 19.0. The van der Waals surface area contributed by atoms with Crippen molar-refractivity contribution in [1.29, 1.82) is 0 Å². The molecule has 1 aromatic heterocycles. The number of fused-ring (bicyclic) bond motifs is 1. The standard InChI is InChI=1S/C13H14FN3O.C6H12N2O/c14-9-1-4-12-8(5-9)6-11(16-12)7-15-13(18)17-10-2-3-10;7-6(9)8-4-2-1-3-5-8/h1,4-6,10,16H,2-3,7H2,(H2,15,17,18);1-5H2,(H2,7,9). The quantitative estimate of drug-likeness (QED) is 0.663. The highest BCUT2D eigenvalue weighted by molar-refractivity contribution is 5.80. The highest BCUT2D eigenvalue weighted by atomic mass is 19.1. The topological polar surface area (TPSA) is 103 Å². The smallest absolute Gasteiger partial charge is 0.315 e. The van der Waals surface area contributed by atoms with Crippen LogP contribution in [0.3, 0.4) is 0 Å². The number of nitrogens with two attached hydrogens (primary N) is 1. The number of rotatable bonds is 3. The second-order valence-corrected chi connectivity index (χ2v) is 7.01. The zero-order valence-electron chi connectivity index (χ0n) is 15.3. The predicted molar refractivity (Wildman–Crippen MR) is 102 cm³/mol. The summed E-state index contributed by atoms with van der Waals surface area (Å²) in [5, 5.41) is 6.43. The number of carbonyl (C=O) groups excluding carboxylic acids is 2. The van der Waals surface area contributed by atoms with Gasteiger partial charge >= 0.3 is 12.1 Å². The van der Waals surface area contributed by atoms with E-state index in [2.05, 4.69) is 15.6 Å². The molecule has 0 radical (unpaired) electrons. The Kier molecular flexibility index (Phi) is 6.16. The fourth-order valence-corrected chi connectivity index (χ4v) is 3.01. The van der Waals surface area contributed by atoms with Crippen molar-refractivity contribution >= 4 is 23.0 Å². The van der Waals surface area contributed by atoms with E-state index in [1.54, 1.807) is 11.0 Å². The van der Waals surface area contributed by atoms with E-state index in [1.807, 2.05) is 6.07 Å². The number of H-pyrrole nitrogens is 1. The normalized spacial score (nSPS) is 16.4. The maximum absolute atomic E-state index is 13.0. The van der Waals surface area contributed by atoms with Gasteiger partial charge in [-0.05, 0) is 56.4 Å². The minimum atomic E-state index is -0.269. The Balaban J connectivity index is 0.000000197. The van der Waals surface area contributed by atoms with Gasteiger partial charge in [-0.25, -0.2) is 14.0 Å². The van der Waals surface area contributed by atoms with Gasteiger partial charge in [-0.3, -0.25) is 0 Å². The molecule has 1 saturated carbocycles. The molecule has 0 bridgehead atoms. The molecule has 1 aromatic carbocycles. The molecule has 1 aliphatic heterocycles. The van der Waals surface area contributed by atoms with Crippen molar-refractivity contribution in [1.82, 2.24) is 20.5 Å². The SMILES string of the molecule is NC(=O)N1CCCCC1.O=C(NCc1cc2cc(F)ccc2[nH]1)NC1CC1. The molecule has 7 nitrogen and oxygen atoms in total. The third-order valence-corrected chi connectivity index (χ3v) is 4.66. The lowest BCUT2D eigenvalue weighted by Gasteiger charge is -2.24. The van der Waals surface area contributed by atoms with Gasteiger partial charge in [0.1, 0.15) is 5.82 Å². The van der Waals surface area contributed by atoms with Gasteiger partial charge in [0.05, 0.1) is 6.54 Å². The fourth-order valence-electron chi connectivity index (χ4n) is 3.01. The van der Waals surface area contributed by atoms with Crippen LogP contribution in [0.25, 0.3) is 10.9 Å². The van der Waals surface area contributed by atoms with Gasteiger partial charge < -0.3 is 26.3 Å². The molecular formula is C19H26FN5O2. The van der Waals surface area contributed by atoms with Crippen LogP contribution in [0.15, 0.2) is 24.3 Å². The highest BCUT2D eigenvalue weighted by Gasteiger charge is 2.22. The first-order chi connectivity index (χ1) is 13.0. The summed E-state index contributed by atoms with van der Waals surface area (Å²) < 4.78 is 13.0. The lowest BCUT2D eigenvalue weighted by Crippen LogP contribution is -2.39. The molecule has 2 fully saturated rings. The molecule has 1 saturated heterocycles. The first-order valence-corrected chi connectivity index (χ1v) is 9.37. The molecule has 8 heteroatoms. The van der Waals surface area contributed by atoms with Gasteiger partial charge in [-0.2, -0.15) is 0 Å². The summed E-state index contributed by atoms with van der Waals surface area (Å²) in [7, 11) is 0. The Labute approximate surface area is 157 Å². The van der Waals surface area contributed by atoms with Crippen molar-refractivity contribution in [2.75, 3.05) is 13.1 Å². The molecule has 5 N–H and O–H groups in total. The minimum Gasteiger partial charge on any atom is -0.357 e. The molecule has 2 aliphatic rings. The summed E-state index contributed by atoms with van der Waals surface area (Å²) >= 11 is 0. The number of halogens is 1. The third-order valence-electron chi connectivity index (χ3n) is 4.66. The van der Waals surface area contributed by atoms with Crippen LogP contribution in [0, 0.1) is 5.82 Å². The molecular weight excluding hydrogens is 349 g/mol. The Hall–Kier alpha value is -2.77. The number of carbonyl (C=O) groups is 2. The number of benzene rings is 1. The number of amides is 4. The number of aromatic amines is 1. The van der Waals surface area contributed by atoms with E-state index in [0.717, 1.165) is 55.4 Å². The number of nitrogens with one attached hydrogen (secondary N) is 3. The van der Waals surface area contributed by atoms with Crippen molar-refractivity contribution < 1.29 is 14.0 Å². The number of primary amides is 1. The summed E-state index contributed by atoms with van der Waals surface area (Å²) in [6.07, 6.45) is 5.60. The number of piperidine rings is 1. The molecule has 146 valence electrons. The predicted octanol–water partition coefficient (Wildman–Crippen LogP) is 2.82. The first-order valence-electron chi connectivity index (χ1n) is 9.37. The number of likely N-dealkylation sites (tertiary alicyclic amines) is 1. The van der Waals surface area contributed by atoms with Crippen molar-refractivity contribution in [3.63, 3.8) is 0 Å². The van der Waals surface area contributed by atoms with Crippen molar-refractivity contribution in [3.05, 3.63) is 35.8 Å². The molecule has 2 aromatic rings. The van der Waals surface area contributed by atoms with Crippen LogP contribution in [0.2, 0.25) is 0 Å². The molecule has 0 atom stereocenters. The number of nitrogens with zero attached hydrogens (tertiary/aromatic N) is 1. The van der Waals surface area contributed by atoms with Gasteiger partial charge in [-0.15, -0.1) is 0 Å². The Bertz CT molecular complexity index is 796. The summed E-state index contributed by atoms with van der Waals surface area (Å²) in [5.74, 6) is -0.257. The Morgan fingerprint density at radius 1 is 1.19 bits per heavy atom. The second-order valence-electron chi connectivity index (χ2n) is 7.01. The lowest BCUT2D eigenvalue weighted by molar-refractivity contribution is 0.196. The van der Waals surface area contributed by atoms with Crippen molar-refractivity contribution in [3.8, 4) is 0 Å². The van der Waals surface area contributed by atoms with Gasteiger partial charge in [0.15, 0.2) is 0 Å². The van der Waals surface area contributed by atoms with Crippen molar-refractivity contribution in [2.24, 2.45) is 5.73 Å². The third kappa shape index (κ3) is 5.87. The molecule has 2 heterocycles. The average Bonchev–Trinajstić information content (AvgIpc) is 3.38. The molecule has 4 rings (SSSR count). The number of aromatic nitrogens is 1. The largest absolute Gasteiger partial charge is 0.357 e. The van der Waals surface area contributed by atoms with E-state index in [4.69, 9.17) is 5.73 Å². The summed E-state index contributed by atoms with van der Waals surface area (Å²) in [6.45, 7) is 2.12. The van der Waals surface area contributed by atoms with Crippen LogP contribution in [-0.2, 0) is 6.54 Å². The monoisotopic (exact) mass is 375 g/mol. The van der Waals surface area contributed by atoms with E-state index in [0.29, 0.717) is 12.6 Å². The maximum atomic E-state index is 13.0. The number of urea groups is 2. The van der Waals surface area contributed by atoms with E-state index in [1.165, 1.54) is 18.6 Å². The zero-order chi connectivity index (χ0) is 19.2. The van der Waals surface area contributed by atoms with Gasteiger partial charge in [0, 0.05) is 35.7 Å². The van der Waals surface area contributed by atoms with Crippen molar-refractivity contribution in [2.45, 2.75) is 44.7 Å². The molecule has 0 spiro atoms. The van der Waals surface area contributed by atoms with Gasteiger partial charge in [0.2, 0.25) is 0 Å². The van der Waals surface area contributed by atoms with Gasteiger partial charge in [-0.1, -0.05) is 0 Å². The zero-order valence-corrected chi connectivity index (χ0v) is 15.3. The van der Waals surface area contributed by atoms with Crippen LogP contribution in [0.4, 0.5) is 14.0 Å². The average molecular weight is 375 g/mol. The van der Waals surface area contributed by atoms with Gasteiger partial charge in [0.25, 0.3) is 0 Å². The molecule has 1 aliphatic carbocycles. The molecule has 27 heavy (non-hydrogen) atoms. The van der Waals surface area contributed by atoms with Crippen LogP contribution in [-0.4, -0.2) is 41.1 Å². The second kappa shape index (κ2) is 8.75. The van der Waals surface area contributed by atoms with Crippen LogP contribution >= 0.6 is 0 Å². The van der Waals surface area contributed by atoms with Crippen LogP contribution in [0.1, 0.15) is 37.8 Å². The molecule has 0 unspecified atom stereocenters. The summed E-state index contributed by atoms with van der Waals surface area (Å²) in [5.41, 5.74) is 6.79. The van der Waals surface area contributed by atoms with E-state index >= 15 is 0 Å². The Morgan fingerprint density at radius 2 is 1.93 bits per heavy atom. The molecule has 4 amide bonds. The number of hydrogen-bond acceptors (Lipinski definition) is 2. The number of hydrogen-bond donors (Lipinski definition) is 4. The minimum absolute atomic E-state index is 0.151. The maximum Gasteiger partial charge on any atom is 0.315 e. The van der Waals surface area contributed by atoms with Crippen LogP contribution in [0.5, 0.6) is 0 Å². The van der Waals surface area contributed by atoms with E-state index in [-0.39, 0.29) is 17.9 Å². The van der Waals surface area contributed by atoms with E-state index < -0.39 is 0 Å². The summed E-state index contributed by atoms with van der Waals surface area (Å²) in [4.78, 5) is 26.8. The van der Waals surface area contributed by atoms with Crippen LogP contribution < -0.4 is 16.4 Å². The lowest BCUT2D eigenvalue weighted by atomic mass is 10.1. The Morgan fingerprint density at radius 3 is 2.56 bits per heavy atom. The van der Waals surface area contributed by atoms with E-state index in [9.17, 15) is 14.0 Å². The fraction of sp³-hybridized carbons (Fsp3) is 0.474. The summed E-state index contributed by atoms with van der Waals surface area (Å²) in [6, 6.07) is 6.35.